The van der Waals surface area contributed by atoms with E-state index in [-0.39, 0.29) is 5.41 Å². The Morgan fingerprint density at radius 1 is 0.625 bits per heavy atom. The van der Waals surface area contributed by atoms with Crippen LogP contribution in [0, 0.1) is 0 Å². The summed E-state index contributed by atoms with van der Waals surface area (Å²) in [6, 6.07) is 49.3. The molecule has 2 heterocycles. The summed E-state index contributed by atoms with van der Waals surface area (Å²) < 4.78 is 9.01. The Morgan fingerprint density at radius 3 is 2.10 bits per heavy atom. The molecule has 0 spiro atoms. The maximum Gasteiger partial charge on any atom is 0.161 e. The molecule has 8 aromatic rings. The molecule has 0 saturated heterocycles. The fourth-order valence-electron chi connectivity index (χ4n) is 7.66. The summed E-state index contributed by atoms with van der Waals surface area (Å²) >= 11 is 0. The molecule has 0 unspecified atom stereocenters. The fraction of sp³-hybridized carbons (Fsp3) is 0.0889. The van der Waals surface area contributed by atoms with Gasteiger partial charge in [0.15, 0.2) is 5.42 Å². The molecule has 0 saturated carbocycles. The number of hydrogen-bond donors (Lipinski definition) is 0. The summed E-state index contributed by atoms with van der Waals surface area (Å²) in [4.78, 5) is 5.16. The van der Waals surface area contributed by atoms with Gasteiger partial charge in [0.05, 0.1) is 11.0 Å². The highest BCUT2D eigenvalue weighted by atomic mass is 16.3. The van der Waals surface area contributed by atoms with Gasteiger partial charge in [-0.1, -0.05) is 124 Å². The minimum Gasteiger partial charge on any atom is -0.454 e. The van der Waals surface area contributed by atoms with Crippen molar-refractivity contribution in [1.29, 1.82) is 0 Å². The summed E-state index contributed by atoms with van der Waals surface area (Å²) in [5.74, 6) is 0. The first-order valence-electron chi connectivity index (χ1n) is 16.5. The first-order valence-corrected chi connectivity index (χ1v) is 16.5. The average molecular weight is 619 g/mol. The molecule has 0 amide bonds. The highest BCUT2D eigenvalue weighted by Gasteiger charge is 2.36. The number of para-hydroxylation sites is 1. The Kier molecular flexibility index (Phi) is 6.22. The Balaban J connectivity index is 1.29. The summed E-state index contributed by atoms with van der Waals surface area (Å²) in [5, 5.41) is 4.30. The van der Waals surface area contributed by atoms with Crippen LogP contribution in [0.5, 0.6) is 0 Å². The van der Waals surface area contributed by atoms with E-state index in [2.05, 4.69) is 128 Å². The van der Waals surface area contributed by atoms with Crippen LogP contribution >= 0.6 is 0 Å². The van der Waals surface area contributed by atoms with Crippen LogP contribution in [0.3, 0.4) is 0 Å². The molecule has 1 aliphatic rings. The van der Waals surface area contributed by atoms with Crippen LogP contribution < -0.4 is 10.6 Å². The summed E-state index contributed by atoms with van der Waals surface area (Å²) in [7, 11) is 0. The topological polar surface area (TPSA) is 30.4 Å². The van der Waals surface area contributed by atoms with E-state index in [1.165, 1.54) is 44.1 Å². The number of benzene rings is 6. The standard InChI is InChI=1S/C45H34N2O/c1-28-35-25-32(23-24-42(35)48-44(28)43(31-17-9-6-10-18-31)46-29(2)30-15-7-5-8-16-30)47-40-22-14-12-20-34(40)37-26-36-33-19-11-13-21-38(33)45(3,4)39(36)27-41(37)47/h5-27H,1H2,2-4H3/b44-43+,46-29?. The van der Waals surface area contributed by atoms with Crippen LogP contribution in [0.25, 0.3) is 61.9 Å². The van der Waals surface area contributed by atoms with Crippen molar-refractivity contribution in [2.45, 2.75) is 26.2 Å². The van der Waals surface area contributed by atoms with Crippen molar-refractivity contribution >= 4 is 50.8 Å². The number of furan rings is 1. The van der Waals surface area contributed by atoms with E-state index in [4.69, 9.17) is 9.41 Å². The Labute approximate surface area is 279 Å². The summed E-state index contributed by atoms with van der Waals surface area (Å²) in [6.45, 7) is 11.3. The van der Waals surface area contributed by atoms with Gasteiger partial charge in [0.25, 0.3) is 0 Å². The minimum atomic E-state index is -0.0899. The predicted molar refractivity (Wildman–Crippen MR) is 200 cm³/mol. The number of nitrogens with zero attached hydrogens (tertiary/aromatic N) is 2. The van der Waals surface area contributed by atoms with Crippen LogP contribution in [-0.2, 0) is 5.41 Å². The second kappa shape index (κ2) is 10.5. The highest BCUT2D eigenvalue weighted by Crippen LogP contribution is 2.50. The molecular weight excluding hydrogens is 585 g/mol. The molecule has 3 nitrogen and oxygen atoms in total. The number of aliphatic imine (C=N–C) groups is 1. The van der Waals surface area contributed by atoms with Gasteiger partial charge in [-0.3, -0.25) is 0 Å². The largest absolute Gasteiger partial charge is 0.454 e. The van der Waals surface area contributed by atoms with Gasteiger partial charge in [-0.2, -0.15) is 0 Å². The molecule has 48 heavy (non-hydrogen) atoms. The zero-order chi connectivity index (χ0) is 32.6. The van der Waals surface area contributed by atoms with Crippen LogP contribution in [-0.4, -0.2) is 10.3 Å². The third-order valence-electron chi connectivity index (χ3n) is 10.1. The van der Waals surface area contributed by atoms with E-state index in [9.17, 15) is 0 Å². The number of hydrogen-bond acceptors (Lipinski definition) is 2. The molecule has 0 atom stereocenters. The number of rotatable bonds is 4. The predicted octanol–water partition coefficient (Wildman–Crippen LogP) is 9.91. The SMILES string of the molecule is C=c1/c(=C(\N=C(C)c2ccccc2)c2ccccc2)oc2ccc(-n3c4ccccc4c4cc5c(cc43)C(C)(C)c3ccccc3-5)cc12. The molecule has 2 aromatic heterocycles. The van der Waals surface area contributed by atoms with Crippen molar-refractivity contribution in [3.63, 3.8) is 0 Å². The van der Waals surface area contributed by atoms with Crippen LogP contribution in [0.4, 0.5) is 0 Å². The van der Waals surface area contributed by atoms with Crippen LogP contribution in [0.2, 0.25) is 0 Å². The van der Waals surface area contributed by atoms with Gasteiger partial charge in [0, 0.05) is 43.8 Å². The number of fused-ring (bicyclic) bond motifs is 7. The summed E-state index contributed by atoms with van der Waals surface area (Å²) in [5.41, 5.74) is 14.0. The van der Waals surface area contributed by atoms with E-state index in [1.807, 2.05) is 43.3 Å². The molecule has 0 radical (unpaired) electrons. The minimum absolute atomic E-state index is 0.0899. The van der Waals surface area contributed by atoms with Crippen molar-refractivity contribution in [3.05, 3.63) is 172 Å². The van der Waals surface area contributed by atoms with Crippen LogP contribution in [0.15, 0.2) is 149 Å². The lowest BCUT2D eigenvalue weighted by Gasteiger charge is -2.21. The molecule has 230 valence electrons. The van der Waals surface area contributed by atoms with Crippen LogP contribution in [0.1, 0.15) is 43.0 Å². The van der Waals surface area contributed by atoms with Gasteiger partial charge < -0.3 is 8.98 Å². The maximum absolute atomic E-state index is 6.61. The van der Waals surface area contributed by atoms with Crippen molar-refractivity contribution in [2.75, 3.05) is 0 Å². The smallest absolute Gasteiger partial charge is 0.161 e. The van der Waals surface area contributed by atoms with E-state index >= 15 is 0 Å². The second-order valence-corrected chi connectivity index (χ2v) is 13.3. The monoisotopic (exact) mass is 618 g/mol. The lowest BCUT2D eigenvalue weighted by Crippen LogP contribution is -2.22. The molecule has 0 N–H and O–H groups in total. The third-order valence-corrected chi connectivity index (χ3v) is 10.1. The molecule has 3 heteroatoms. The van der Waals surface area contributed by atoms with Gasteiger partial charge in [0.2, 0.25) is 0 Å². The lowest BCUT2D eigenvalue weighted by atomic mass is 9.82. The quantitative estimate of drug-likeness (QED) is 0.181. The van der Waals surface area contributed by atoms with Gasteiger partial charge in [0.1, 0.15) is 11.3 Å². The van der Waals surface area contributed by atoms with E-state index in [0.717, 1.165) is 44.4 Å². The van der Waals surface area contributed by atoms with Gasteiger partial charge in [-0.25, -0.2) is 4.99 Å². The molecular formula is C45H34N2O. The lowest BCUT2D eigenvalue weighted by molar-refractivity contribution is 0.572. The molecule has 0 fully saturated rings. The Morgan fingerprint density at radius 2 is 1.31 bits per heavy atom. The normalized spacial score (nSPS) is 14.4. The van der Waals surface area contributed by atoms with Crippen molar-refractivity contribution < 1.29 is 4.42 Å². The maximum atomic E-state index is 6.61. The van der Waals surface area contributed by atoms with E-state index in [0.29, 0.717) is 5.42 Å². The zero-order valence-corrected chi connectivity index (χ0v) is 27.3. The summed E-state index contributed by atoms with van der Waals surface area (Å²) in [6.07, 6.45) is 0. The molecule has 1 aliphatic carbocycles. The molecule has 9 rings (SSSR count). The average Bonchev–Trinajstić information content (AvgIpc) is 3.71. The first-order chi connectivity index (χ1) is 23.4. The van der Waals surface area contributed by atoms with E-state index in [1.54, 1.807) is 0 Å². The Hall–Kier alpha value is -5.93. The highest BCUT2D eigenvalue weighted by molar-refractivity contribution is 6.12. The van der Waals surface area contributed by atoms with Crippen molar-refractivity contribution in [2.24, 2.45) is 4.99 Å². The first kappa shape index (κ1) is 28.3. The molecule has 6 aromatic carbocycles. The van der Waals surface area contributed by atoms with Gasteiger partial charge >= 0.3 is 0 Å². The van der Waals surface area contributed by atoms with Gasteiger partial charge in [-0.15, -0.1) is 0 Å². The van der Waals surface area contributed by atoms with Gasteiger partial charge in [-0.05, 0) is 71.1 Å². The zero-order valence-electron chi connectivity index (χ0n) is 27.3. The molecule has 0 bridgehead atoms. The van der Waals surface area contributed by atoms with Crippen molar-refractivity contribution in [1.82, 2.24) is 4.57 Å². The fourth-order valence-corrected chi connectivity index (χ4v) is 7.66. The van der Waals surface area contributed by atoms with Crippen molar-refractivity contribution in [3.8, 4) is 16.8 Å². The third kappa shape index (κ3) is 4.17. The Bertz CT molecular complexity index is 2710. The number of aromatic nitrogens is 1. The molecule has 0 aliphatic heterocycles. The van der Waals surface area contributed by atoms with E-state index < -0.39 is 0 Å². The second-order valence-electron chi connectivity index (χ2n) is 13.3.